The number of amides is 1. The van der Waals surface area contributed by atoms with Gasteiger partial charge in [-0.3, -0.25) is 4.79 Å². The predicted octanol–water partition coefficient (Wildman–Crippen LogP) is 5.59. The molecule has 206 valence electrons. The quantitative estimate of drug-likeness (QED) is 0.239. The third kappa shape index (κ3) is 5.67. The molecule has 3 N–H and O–H groups in total. The minimum absolute atomic E-state index is 0.0493. The maximum atomic E-state index is 12.8. The Hall–Kier alpha value is -4.13. The molecule has 2 aromatic carbocycles. The van der Waals surface area contributed by atoms with E-state index in [1.165, 1.54) is 13.4 Å². The van der Waals surface area contributed by atoms with Crippen molar-refractivity contribution in [3.8, 4) is 17.0 Å². The zero-order valence-electron chi connectivity index (χ0n) is 21.1. The van der Waals surface area contributed by atoms with E-state index in [0.717, 1.165) is 47.8 Å². The van der Waals surface area contributed by atoms with Gasteiger partial charge in [-0.15, -0.1) is 13.2 Å². The van der Waals surface area contributed by atoms with Crippen molar-refractivity contribution < 1.29 is 27.1 Å². The Morgan fingerprint density at radius 2 is 1.95 bits per heavy atom. The van der Waals surface area contributed by atoms with Gasteiger partial charge in [0.2, 0.25) is 6.41 Å². The second-order valence-electron chi connectivity index (χ2n) is 8.76. The highest BCUT2D eigenvalue weighted by molar-refractivity contribution is 6.35. The lowest BCUT2D eigenvalue weighted by molar-refractivity contribution is -0.274. The standard InChI is InChI=1S/C17H17ClN6O.C8H7F4NO/c1-9(2)24-17-13(16(19)20-7-21-17)15(22-24)11-3-4-12-10(14(11)18)5-6-23(12)8-25;1-13-7-4-5(2-3-6(7)9)14-8(10,11)12/h3-4,7-9H,5-6H2,1-2H3,(H2,19,20,21);2-4,13H,1H3. The summed E-state index contributed by atoms with van der Waals surface area (Å²) in [5, 5.41) is 8.41. The molecule has 5 rings (SSSR count). The third-order valence-electron chi connectivity index (χ3n) is 5.96. The van der Waals surface area contributed by atoms with Crippen molar-refractivity contribution >= 4 is 46.2 Å². The smallest absolute Gasteiger partial charge is 0.406 e. The molecule has 2 aromatic heterocycles. The highest BCUT2D eigenvalue weighted by Gasteiger charge is 2.31. The van der Waals surface area contributed by atoms with Crippen LogP contribution in [0.2, 0.25) is 5.02 Å². The SMILES string of the molecule is CC(C)n1nc(-c2ccc3c(c2Cl)CCN3C=O)c2c(N)ncnc21.CNc1cc(OC(F)(F)F)ccc1F. The van der Waals surface area contributed by atoms with Crippen molar-refractivity contribution in [2.24, 2.45) is 0 Å². The number of nitrogens with two attached hydrogens (primary N) is 1. The first-order valence-electron chi connectivity index (χ1n) is 11.7. The molecule has 0 aliphatic carbocycles. The zero-order valence-corrected chi connectivity index (χ0v) is 21.8. The van der Waals surface area contributed by atoms with Gasteiger partial charge in [0.15, 0.2) is 5.65 Å². The number of halogens is 5. The van der Waals surface area contributed by atoms with E-state index in [-0.39, 0.29) is 11.7 Å². The summed E-state index contributed by atoms with van der Waals surface area (Å²) >= 11 is 6.68. The molecule has 1 aliphatic rings. The molecule has 3 heterocycles. The lowest BCUT2D eigenvalue weighted by atomic mass is 10.0. The Labute approximate surface area is 225 Å². The minimum atomic E-state index is -4.76. The Kier molecular flexibility index (Phi) is 7.82. The second kappa shape index (κ2) is 10.9. The van der Waals surface area contributed by atoms with E-state index in [2.05, 4.69) is 20.0 Å². The fourth-order valence-corrected chi connectivity index (χ4v) is 4.54. The molecule has 0 saturated heterocycles. The molecule has 0 saturated carbocycles. The van der Waals surface area contributed by atoms with Crippen LogP contribution < -0.4 is 20.7 Å². The molecule has 0 radical (unpaired) electrons. The number of anilines is 3. The monoisotopic (exact) mass is 565 g/mol. The summed E-state index contributed by atoms with van der Waals surface area (Å²) in [6, 6.07) is 6.63. The first-order valence-corrected chi connectivity index (χ1v) is 12.1. The van der Waals surface area contributed by atoms with Crippen molar-refractivity contribution in [2.45, 2.75) is 32.7 Å². The Morgan fingerprint density at radius 1 is 1.21 bits per heavy atom. The Bertz CT molecular complexity index is 1520. The number of alkyl halides is 3. The molecule has 1 amide bonds. The molecule has 0 fully saturated rings. The number of ether oxygens (including phenoxy) is 1. The lowest BCUT2D eigenvalue weighted by Crippen LogP contribution is -2.17. The number of carbonyl (C=O) groups is 1. The van der Waals surface area contributed by atoms with E-state index < -0.39 is 17.9 Å². The summed E-state index contributed by atoms with van der Waals surface area (Å²) in [5.41, 5.74) is 9.99. The summed E-state index contributed by atoms with van der Waals surface area (Å²) in [5.74, 6) is -0.719. The van der Waals surface area contributed by atoms with Crippen LogP contribution in [-0.2, 0) is 11.2 Å². The van der Waals surface area contributed by atoms with Gasteiger partial charge in [0, 0.05) is 37.0 Å². The number of rotatable bonds is 5. The first-order chi connectivity index (χ1) is 18.4. The largest absolute Gasteiger partial charge is 0.573 e. The highest BCUT2D eigenvalue weighted by Crippen LogP contribution is 2.42. The molecule has 0 atom stereocenters. The van der Waals surface area contributed by atoms with E-state index in [0.29, 0.717) is 34.1 Å². The number of nitrogen functional groups attached to an aromatic ring is 1. The van der Waals surface area contributed by atoms with Gasteiger partial charge in [0.25, 0.3) is 0 Å². The van der Waals surface area contributed by atoms with Crippen LogP contribution in [0.5, 0.6) is 5.75 Å². The van der Waals surface area contributed by atoms with Crippen LogP contribution in [0.25, 0.3) is 22.3 Å². The number of nitrogens with zero attached hydrogens (tertiary/aromatic N) is 5. The van der Waals surface area contributed by atoms with E-state index in [9.17, 15) is 22.4 Å². The van der Waals surface area contributed by atoms with Crippen molar-refractivity contribution in [1.29, 1.82) is 0 Å². The topological polar surface area (TPSA) is 111 Å². The number of hydrogen-bond donors (Lipinski definition) is 2. The van der Waals surface area contributed by atoms with E-state index in [1.54, 1.807) is 4.90 Å². The van der Waals surface area contributed by atoms with Gasteiger partial charge in [-0.1, -0.05) is 11.6 Å². The van der Waals surface area contributed by atoms with Crippen LogP contribution in [0, 0.1) is 5.82 Å². The number of nitrogens with one attached hydrogen (secondary N) is 1. The molecular weight excluding hydrogens is 542 g/mol. The fourth-order valence-electron chi connectivity index (χ4n) is 4.20. The molecule has 0 spiro atoms. The van der Waals surface area contributed by atoms with Crippen LogP contribution in [0.4, 0.5) is 34.8 Å². The van der Waals surface area contributed by atoms with Crippen LogP contribution >= 0.6 is 11.6 Å². The maximum Gasteiger partial charge on any atom is 0.573 e. The average molecular weight is 566 g/mol. The summed E-state index contributed by atoms with van der Waals surface area (Å²) in [6.45, 7) is 4.69. The number of carbonyl (C=O) groups excluding carboxylic acids is 1. The normalized spacial score (nSPS) is 12.8. The molecule has 14 heteroatoms. The van der Waals surface area contributed by atoms with Crippen molar-refractivity contribution in [2.75, 3.05) is 29.5 Å². The predicted molar refractivity (Wildman–Crippen MR) is 140 cm³/mol. The zero-order chi connectivity index (χ0) is 28.5. The summed E-state index contributed by atoms with van der Waals surface area (Å²) < 4.78 is 53.4. The van der Waals surface area contributed by atoms with Crippen LogP contribution in [0.15, 0.2) is 36.7 Å². The number of hydrogen-bond acceptors (Lipinski definition) is 7. The lowest BCUT2D eigenvalue weighted by Gasteiger charge is -2.12. The fraction of sp³-hybridized carbons (Fsp3) is 0.280. The summed E-state index contributed by atoms with van der Waals surface area (Å²) in [6.07, 6.45) is -1.77. The van der Waals surface area contributed by atoms with E-state index in [1.807, 2.05) is 30.7 Å². The van der Waals surface area contributed by atoms with Gasteiger partial charge < -0.3 is 20.7 Å². The van der Waals surface area contributed by atoms with Gasteiger partial charge in [-0.25, -0.2) is 19.0 Å². The molecule has 9 nitrogen and oxygen atoms in total. The van der Waals surface area contributed by atoms with Gasteiger partial charge in [-0.2, -0.15) is 5.10 Å². The van der Waals surface area contributed by atoms with Crippen molar-refractivity contribution in [1.82, 2.24) is 19.7 Å². The number of fused-ring (bicyclic) bond motifs is 2. The van der Waals surface area contributed by atoms with Crippen LogP contribution in [0.1, 0.15) is 25.5 Å². The Balaban J connectivity index is 0.000000215. The van der Waals surface area contributed by atoms with E-state index in [4.69, 9.17) is 22.4 Å². The minimum Gasteiger partial charge on any atom is -0.406 e. The first kappa shape index (κ1) is 27.9. The molecular formula is C25H24ClF4N7O2. The second-order valence-corrected chi connectivity index (χ2v) is 9.14. The van der Waals surface area contributed by atoms with Gasteiger partial charge >= 0.3 is 6.36 Å². The molecule has 39 heavy (non-hydrogen) atoms. The Morgan fingerprint density at radius 3 is 2.59 bits per heavy atom. The molecule has 0 unspecified atom stereocenters. The average Bonchev–Trinajstić information content (AvgIpc) is 3.48. The third-order valence-corrected chi connectivity index (χ3v) is 6.39. The van der Waals surface area contributed by atoms with Crippen molar-refractivity contribution in [3.05, 3.63) is 53.1 Å². The van der Waals surface area contributed by atoms with E-state index >= 15 is 0 Å². The van der Waals surface area contributed by atoms with Crippen LogP contribution in [0.3, 0.4) is 0 Å². The highest BCUT2D eigenvalue weighted by atomic mass is 35.5. The number of aromatic nitrogens is 4. The van der Waals surface area contributed by atoms with Gasteiger partial charge in [-0.05, 0) is 50.1 Å². The van der Waals surface area contributed by atoms with Crippen molar-refractivity contribution in [3.63, 3.8) is 0 Å². The summed E-state index contributed by atoms with van der Waals surface area (Å²) in [7, 11) is 1.40. The van der Waals surface area contributed by atoms with Crippen LogP contribution in [-0.4, -0.2) is 46.1 Å². The molecule has 4 aromatic rings. The molecule has 1 aliphatic heterocycles. The van der Waals surface area contributed by atoms with Gasteiger partial charge in [0.1, 0.15) is 29.4 Å². The maximum absolute atomic E-state index is 12.8. The molecule has 0 bridgehead atoms. The van der Waals surface area contributed by atoms with Gasteiger partial charge in [0.05, 0.1) is 16.1 Å². The summed E-state index contributed by atoms with van der Waals surface area (Å²) in [4.78, 5) is 21.3. The number of benzene rings is 2.